The van der Waals surface area contributed by atoms with Crippen molar-refractivity contribution in [3.8, 4) is 0 Å². The lowest BCUT2D eigenvalue weighted by Gasteiger charge is -2.28. The second-order valence-electron chi connectivity index (χ2n) is 7.38. The minimum Gasteiger partial charge on any atom is -0.453 e. The molecule has 0 aromatic heterocycles. The molecule has 1 aromatic rings. The number of hydrogen-bond donors (Lipinski definition) is 1. The normalized spacial score (nSPS) is 32.5. The van der Waals surface area contributed by atoms with E-state index in [0.29, 0.717) is 11.5 Å². The van der Waals surface area contributed by atoms with Gasteiger partial charge in [-0.25, -0.2) is 4.79 Å². The summed E-state index contributed by atoms with van der Waals surface area (Å²) in [5, 5.41) is 3.15. The molecule has 2 aliphatic carbocycles. The van der Waals surface area contributed by atoms with Crippen LogP contribution in [0.2, 0.25) is 0 Å². The molecule has 4 nitrogen and oxygen atoms in total. The second-order valence-corrected chi connectivity index (χ2v) is 7.38. The van der Waals surface area contributed by atoms with Gasteiger partial charge in [-0.15, -0.1) is 0 Å². The lowest BCUT2D eigenvalue weighted by molar-refractivity contribution is -0.124. The van der Waals surface area contributed by atoms with Crippen molar-refractivity contribution >= 4 is 11.9 Å². The first-order valence-corrected chi connectivity index (χ1v) is 8.71. The fraction of sp³-hybridized carbons (Fsp3) is 0.579. The summed E-state index contributed by atoms with van der Waals surface area (Å²) in [5.41, 5.74) is 1.42. The summed E-state index contributed by atoms with van der Waals surface area (Å²) >= 11 is 0. The van der Waals surface area contributed by atoms with Gasteiger partial charge in [0.2, 0.25) is 5.91 Å². The number of ether oxygens (including phenoxy) is 1. The fourth-order valence-electron chi connectivity index (χ4n) is 4.87. The van der Waals surface area contributed by atoms with Gasteiger partial charge in [0.1, 0.15) is 6.10 Å². The summed E-state index contributed by atoms with van der Waals surface area (Å²) in [6, 6.07) is 7.54. The van der Waals surface area contributed by atoms with Gasteiger partial charge in [0, 0.05) is 11.6 Å². The number of nitrogens with one attached hydrogen (secondary N) is 1. The molecule has 1 heterocycles. The maximum atomic E-state index is 12.4. The van der Waals surface area contributed by atoms with Gasteiger partial charge in [-0.2, -0.15) is 0 Å². The summed E-state index contributed by atoms with van der Waals surface area (Å²) in [6.07, 6.45) is 5.07. The van der Waals surface area contributed by atoms with Crippen molar-refractivity contribution in [2.75, 3.05) is 0 Å². The van der Waals surface area contributed by atoms with Crippen LogP contribution >= 0.6 is 0 Å². The fourth-order valence-corrected chi connectivity index (χ4v) is 4.87. The average molecular weight is 313 g/mol. The van der Waals surface area contributed by atoms with E-state index in [1.807, 2.05) is 18.2 Å². The van der Waals surface area contributed by atoms with E-state index in [4.69, 9.17) is 4.74 Å². The van der Waals surface area contributed by atoms with Gasteiger partial charge in [0.15, 0.2) is 0 Å². The molecule has 2 fully saturated rings. The minimum absolute atomic E-state index is 0.0187. The zero-order chi connectivity index (χ0) is 16.0. The van der Waals surface area contributed by atoms with E-state index in [2.05, 4.69) is 12.2 Å². The van der Waals surface area contributed by atoms with Gasteiger partial charge in [0.05, 0.1) is 12.0 Å². The van der Waals surface area contributed by atoms with Crippen LogP contribution in [0.3, 0.4) is 0 Å². The van der Waals surface area contributed by atoms with Crippen LogP contribution in [-0.2, 0) is 9.53 Å². The topological polar surface area (TPSA) is 55.4 Å². The number of rotatable bonds is 4. The van der Waals surface area contributed by atoms with E-state index in [1.54, 1.807) is 6.07 Å². The Kier molecular flexibility index (Phi) is 3.63. The van der Waals surface area contributed by atoms with E-state index in [1.165, 1.54) is 25.7 Å². The number of hydrogen-bond acceptors (Lipinski definition) is 3. The summed E-state index contributed by atoms with van der Waals surface area (Å²) in [6.45, 7) is 2.12. The number of fused-ring (bicyclic) bond motifs is 3. The highest BCUT2D eigenvalue weighted by Gasteiger charge is 2.42. The van der Waals surface area contributed by atoms with Crippen LogP contribution in [0.4, 0.5) is 0 Å². The zero-order valence-corrected chi connectivity index (χ0v) is 13.5. The van der Waals surface area contributed by atoms with Gasteiger partial charge in [-0.3, -0.25) is 4.79 Å². The lowest BCUT2D eigenvalue weighted by atomic mass is 9.84. The molecule has 4 heteroatoms. The predicted molar refractivity (Wildman–Crippen MR) is 85.8 cm³/mol. The molecule has 0 spiro atoms. The molecule has 5 atom stereocenters. The molecule has 1 aromatic carbocycles. The quantitative estimate of drug-likeness (QED) is 0.868. The van der Waals surface area contributed by atoms with Crippen molar-refractivity contribution in [2.24, 2.45) is 17.8 Å². The number of carbonyl (C=O) groups excluding carboxylic acids is 2. The summed E-state index contributed by atoms with van der Waals surface area (Å²) in [4.78, 5) is 24.2. The summed E-state index contributed by atoms with van der Waals surface area (Å²) in [7, 11) is 0. The molecular weight excluding hydrogens is 290 g/mol. The van der Waals surface area contributed by atoms with Crippen LogP contribution in [-0.4, -0.2) is 17.9 Å². The summed E-state index contributed by atoms with van der Waals surface area (Å²) < 4.78 is 5.36. The van der Waals surface area contributed by atoms with Gasteiger partial charge >= 0.3 is 5.97 Å². The van der Waals surface area contributed by atoms with Gasteiger partial charge in [-0.05, 0) is 50.0 Å². The molecule has 1 aliphatic heterocycles. The van der Waals surface area contributed by atoms with Crippen LogP contribution in [0.1, 0.15) is 61.1 Å². The number of amides is 1. The number of esters is 1. The maximum Gasteiger partial charge on any atom is 0.339 e. The SMILES string of the molecule is C[C@H](NC(=O)C[C@@H]1OC(=O)c2ccccc21)[C@H]1C[C@H]2CC[C@H]1C2. The maximum absolute atomic E-state index is 12.4. The third kappa shape index (κ3) is 2.64. The Hall–Kier alpha value is -1.84. The Morgan fingerprint density at radius 3 is 2.87 bits per heavy atom. The van der Waals surface area contributed by atoms with Crippen molar-refractivity contribution in [3.63, 3.8) is 0 Å². The van der Waals surface area contributed by atoms with E-state index in [-0.39, 0.29) is 24.3 Å². The highest BCUT2D eigenvalue weighted by Crippen LogP contribution is 2.49. The first-order valence-electron chi connectivity index (χ1n) is 8.71. The first-order chi connectivity index (χ1) is 11.1. The number of carbonyl (C=O) groups is 2. The Bertz CT molecular complexity index is 641. The van der Waals surface area contributed by atoms with E-state index in [0.717, 1.165) is 17.4 Å². The van der Waals surface area contributed by atoms with Crippen molar-refractivity contribution in [1.29, 1.82) is 0 Å². The van der Waals surface area contributed by atoms with E-state index in [9.17, 15) is 9.59 Å². The van der Waals surface area contributed by atoms with Crippen LogP contribution in [0, 0.1) is 17.8 Å². The molecule has 3 aliphatic rings. The van der Waals surface area contributed by atoms with Crippen molar-refractivity contribution in [1.82, 2.24) is 5.32 Å². The van der Waals surface area contributed by atoms with Gasteiger partial charge in [0.25, 0.3) is 0 Å². The predicted octanol–water partition coefficient (Wildman–Crippen LogP) is 3.23. The van der Waals surface area contributed by atoms with E-state index >= 15 is 0 Å². The molecule has 2 saturated carbocycles. The first kappa shape index (κ1) is 14.7. The third-order valence-corrected chi connectivity index (χ3v) is 5.97. The second kappa shape index (κ2) is 5.66. The molecule has 23 heavy (non-hydrogen) atoms. The molecule has 1 N–H and O–H groups in total. The van der Waals surface area contributed by atoms with Crippen molar-refractivity contribution in [2.45, 2.75) is 51.2 Å². The summed E-state index contributed by atoms with van der Waals surface area (Å²) in [5.74, 6) is 1.96. The molecule has 1 amide bonds. The molecule has 122 valence electrons. The zero-order valence-electron chi connectivity index (χ0n) is 13.5. The van der Waals surface area contributed by atoms with Crippen LogP contribution in [0.5, 0.6) is 0 Å². The highest BCUT2D eigenvalue weighted by molar-refractivity contribution is 5.94. The monoisotopic (exact) mass is 313 g/mol. The Morgan fingerprint density at radius 2 is 2.13 bits per heavy atom. The molecule has 2 bridgehead atoms. The minimum atomic E-state index is -0.439. The van der Waals surface area contributed by atoms with Crippen molar-refractivity contribution in [3.05, 3.63) is 35.4 Å². The standard InChI is InChI=1S/C19H23NO3/c1-11(16-9-12-6-7-13(16)8-12)20-18(21)10-17-14-4-2-3-5-15(14)19(22)23-17/h2-5,11-13,16-17H,6-10H2,1H3,(H,20,21)/t11-,12-,13-,16+,17-/m0/s1. The molecule has 4 rings (SSSR count). The Balaban J connectivity index is 1.37. The molecular formula is C19H23NO3. The number of cyclic esters (lactones) is 1. The van der Waals surface area contributed by atoms with Gasteiger partial charge in [-0.1, -0.05) is 24.6 Å². The highest BCUT2D eigenvalue weighted by atomic mass is 16.5. The largest absolute Gasteiger partial charge is 0.453 e. The number of benzene rings is 1. The Labute approximate surface area is 136 Å². The van der Waals surface area contributed by atoms with Gasteiger partial charge < -0.3 is 10.1 Å². The van der Waals surface area contributed by atoms with Crippen molar-refractivity contribution < 1.29 is 14.3 Å². The third-order valence-electron chi connectivity index (χ3n) is 5.97. The molecule has 0 unspecified atom stereocenters. The smallest absolute Gasteiger partial charge is 0.339 e. The lowest BCUT2D eigenvalue weighted by Crippen LogP contribution is -2.40. The van der Waals surface area contributed by atoms with Crippen LogP contribution in [0.25, 0.3) is 0 Å². The average Bonchev–Trinajstić information content (AvgIpc) is 3.23. The molecule has 0 saturated heterocycles. The van der Waals surface area contributed by atoms with E-state index < -0.39 is 6.10 Å². The molecule has 0 radical (unpaired) electrons. The van der Waals surface area contributed by atoms with Crippen LogP contribution < -0.4 is 5.32 Å². The Morgan fingerprint density at radius 1 is 1.30 bits per heavy atom. The van der Waals surface area contributed by atoms with Crippen LogP contribution in [0.15, 0.2) is 24.3 Å².